The van der Waals surface area contributed by atoms with Crippen molar-refractivity contribution in [3.8, 4) is 0 Å². The Balaban J connectivity index is 1.69. The van der Waals surface area contributed by atoms with Crippen LogP contribution in [0.5, 0.6) is 0 Å². The van der Waals surface area contributed by atoms with Crippen LogP contribution < -0.4 is 15.8 Å². The summed E-state index contributed by atoms with van der Waals surface area (Å²) in [7, 11) is 2.15. The van der Waals surface area contributed by atoms with Gasteiger partial charge in [0, 0.05) is 32.2 Å². The first kappa shape index (κ1) is 14.5. The summed E-state index contributed by atoms with van der Waals surface area (Å²) in [6.07, 6.45) is 4.12. The number of likely N-dealkylation sites (N-methyl/N-ethyl adjacent to an activating group) is 1. The van der Waals surface area contributed by atoms with E-state index in [-0.39, 0.29) is 5.56 Å². The predicted molar refractivity (Wildman–Crippen MR) is 83.8 cm³/mol. The second-order valence-corrected chi connectivity index (χ2v) is 6.24. The summed E-state index contributed by atoms with van der Waals surface area (Å²) < 4.78 is 1.62. The largest absolute Gasteiger partial charge is 0.369 e. The summed E-state index contributed by atoms with van der Waals surface area (Å²) in [4.78, 5) is 16.9. The lowest BCUT2D eigenvalue weighted by molar-refractivity contribution is 0.360. The lowest BCUT2D eigenvalue weighted by atomic mass is 10.1. The maximum atomic E-state index is 12.3. The van der Waals surface area contributed by atoms with Crippen LogP contribution in [-0.4, -0.2) is 61.0 Å². The molecule has 1 aromatic rings. The van der Waals surface area contributed by atoms with Gasteiger partial charge in [0.05, 0.1) is 11.9 Å². The van der Waals surface area contributed by atoms with Crippen LogP contribution in [0.1, 0.15) is 12.8 Å². The molecule has 0 spiro atoms. The van der Waals surface area contributed by atoms with Gasteiger partial charge in [0.2, 0.25) is 0 Å². The number of aromatic nitrogens is 2. The maximum absolute atomic E-state index is 12.3. The number of nitrogens with one attached hydrogen (secondary N) is 1. The lowest BCUT2D eigenvalue weighted by Crippen LogP contribution is -2.32. The molecule has 3 heterocycles. The maximum Gasteiger partial charge on any atom is 0.268 e. The molecule has 0 aromatic carbocycles. The Labute approximate surface area is 125 Å². The minimum atomic E-state index is 0.0250. The van der Waals surface area contributed by atoms with Crippen LogP contribution >= 0.6 is 0 Å². The highest BCUT2D eigenvalue weighted by molar-refractivity contribution is 5.43. The van der Waals surface area contributed by atoms with Gasteiger partial charge in [-0.25, -0.2) is 4.68 Å². The van der Waals surface area contributed by atoms with E-state index in [0.717, 1.165) is 64.3 Å². The molecule has 0 aliphatic carbocycles. The number of hydrogen-bond acceptors (Lipinski definition) is 5. The lowest BCUT2D eigenvalue weighted by Gasteiger charge is -2.22. The van der Waals surface area contributed by atoms with E-state index in [1.807, 2.05) is 6.20 Å². The molecule has 6 nitrogen and oxygen atoms in total. The fourth-order valence-electron chi connectivity index (χ4n) is 3.15. The fourth-order valence-corrected chi connectivity index (χ4v) is 3.15. The molecule has 2 aliphatic heterocycles. The Kier molecular flexibility index (Phi) is 4.55. The van der Waals surface area contributed by atoms with E-state index in [4.69, 9.17) is 0 Å². The first-order chi connectivity index (χ1) is 10.2. The smallest absolute Gasteiger partial charge is 0.268 e. The van der Waals surface area contributed by atoms with Gasteiger partial charge in [0.15, 0.2) is 0 Å². The Morgan fingerprint density at radius 2 is 2.24 bits per heavy atom. The summed E-state index contributed by atoms with van der Waals surface area (Å²) in [6, 6.07) is 1.75. The quantitative estimate of drug-likeness (QED) is 0.849. The van der Waals surface area contributed by atoms with Gasteiger partial charge < -0.3 is 15.1 Å². The fraction of sp³-hybridized carbons (Fsp3) is 0.733. The molecule has 0 radical (unpaired) electrons. The van der Waals surface area contributed by atoms with Crippen LogP contribution in [0.2, 0.25) is 0 Å². The van der Waals surface area contributed by atoms with Crippen molar-refractivity contribution < 1.29 is 0 Å². The van der Waals surface area contributed by atoms with Gasteiger partial charge in [0.1, 0.15) is 0 Å². The molecule has 3 rings (SSSR count). The zero-order valence-electron chi connectivity index (χ0n) is 12.8. The molecule has 1 N–H and O–H groups in total. The molecule has 1 atom stereocenters. The van der Waals surface area contributed by atoms with Crippen LogP contribution in [0.4, 0.5) is 5.69 Å². The van der Waals surface area contributed by atoms with E-state index < -0.39 is 0 Å². The SMILES string of the molecule is CN1CCCN(c2cnn(C[C@H]3CCNC3)c(=O)c2)CC1. The van der Waals surface area contributed by atoms with E-state index in [9.17, 15) is 4.79 Å². The zero-order chi connectivity index (χ0) is 14.7. The third kappa shape index (κ3) is 3.63. The second kappa shape index (κ2) is 6.58. The summed E-state index contributed by atoms with van der Waals surface area (Å²) in [5.74, 6) is 0.535. The van der Waals surface area contributed by atoms with Gasteiger partial charge in [-0.15, -0.1) is 0 Å². The van der Waals surface area contributed by atoms with Crippen molar-refractivity contribution in [1.29, 1.82) is 0 Å². The molecule has 0 saturated carbocycles. The van der Waals surface area contributed by atoms with Gasteiger partial charge in [-0.1, -0.05) is 0 Å². The van der Waals surface area contributed by atoms with Crippen molar-refractivity contribution in [3.63, 3.8) is 0 Å². The summed E-state index contributed by atoms with van der Waals surface area (Å²) in [5, 5.41) is 7.72. The molecular weight excluding hydrogens is 266 g/mol. The average molecular weight is 291 g/mol. The standard InChI is InChI=1S/C15H25N5O/c1-18-5-2-6-19(8-7-18)14-9-15(21)20(17-11-14)12-13-3-4-16-10-13/h9,11,13,16H,2-8,10,12H2,1H3/t13-/m0/s1. The highest BCUT2D eigenvalue weighted by atomic mass is 16.1. The van der Waals surface area contributed by atoms with Crippen LogP contribution in [0.15, 0.2) is 17.1 Å². The van der Waals surface area contributed by atoms with Crippen LogP contribution in [0.3, 0.4) is 0 Å². The minimum Gasteiger partial charge on any atom is -0.369 e. The van der Waals surface area contributed by atoms with E-state index in [2.05, 4.69) is 27.3 Å². The van der Waals surface area contributed by atoms with Gasteiger partial charge in [0.25, 0.3) is 5.56 Å². The summed E-state index contributed by atoms with van der Waals surface area (Å²) in [5.41, 5.74) is 0.994. The van der Waals surface area contributed by atoms with Crippen molar-refractivity contribution in [2.75, 3.05) is 51.2 Å². The Morgan fingerprint density at radius 3 is 3.00 bits per heavy atom. The number of nitrogens with zero attached hydrogens (tertiary/aromatic N) is 4. The van der Waals surface area contributed by atoms with Crippen molar-refractivity contribution in [3.05, 3.63) is 22.6 Å². The number of rotatable bonds is 3. The highest BCUT2D eigenvalue weighted by Gasteiger charge is 2.17. The molecule has 2 saturated heterocycles. The van der Waals surface area contributed by atoms with Crippen molar-refractivity contribution in [1.82, 2.24) is 20.0 Å². The van der Waals surface area contributed by atoms with Crippen LogP contribution in [-0.2, 0) is 6.54 Å². The third-order valence-corrected chi connectivity index (χ3v) is 4.53. The molecule has 6 heteroatoms. The third-order valence-electron chi connectivity index (χ3n) is 4.53. The molecule has 1 aromatic heterocycles. The normalized spacial score (nSPS) is 24.2. The topological polar surface area (TPSA) is 53.4 Å². The minimum absolute atomic E-state index is 0.0250. The molecule has 0 unspecified atom stereocenters. The Morgan fingerprint density at radius 1 is 1.33 bits per heavy atom. The molecule has 21 heavy (non-hydrogen) atoms. The highest BCUT2D eigenvalue weighted by Crippen LogP contribution is 2.14. The first-order valence-electron chi connectivity index (χ1n) is 7.94. The van der Waals surface area contributed by atoms with Crippen molar-refractivity contribution in [2.45, 2.75) is 19.4 Å². The molecular formula is C15H25N5O. The summed E-state index contributed by atoms with van der Waals surface area (Å²) >= 11 is 0. The van der Waals surface area contributed by atoms with Gasteiger partial charge in [-0.3, -0.25) is 4.79 Å². The Bertz CT molecular complexity index is 523. The number of hydrogen-bond donors (Lipinski definition) is 1. The van der Waals surface area contributed by atoms with Gasteiger partial charge in [-0.2, -0.15) is 5.10 Å². The van der Waals surface area contributed by atoms with Gasteiger partial charge >= 0.3 is 0 Å². The monoisotopic (exact) mass is 291 g/mol. The first-order valence-corrected chi connectivity index (χ1v) is 7.94. The molecule has 2 aliphatic rings. The average Bonchev–Trinajstić information content (AvgIpc) is 2.88. The second-order valence-electron chi connectivity index (χ2n) is 6.24. The van der Waals surface area contributed by atoms with Crippen molar-refractivity contribution in [2.24, 2.45) is 5.92 Å². The molecule has 0 amide bonds. The molecule has 2 fully saturated rings. The van der Waals surface area contributed by atoms with Crippen LogP contribution in [0, 0.1) is 5.92 Å². The zero-order valence-corrected chi connectivity index (χ0v) is 12.8. The van der Waals surface area contributed by atoms with E-state index >= 15 is 0 Å². The van der Waals surface area contributed by atoms with Crippen molar-refractivity contribution >= 4 is 5.69 Å². The van der Waals surface area contributed by atoms with Crippen LogP contribution in [0.25, 0.3) is 0 Å². The Hall–Kier alpha value is -1.40. The molecule has 0 bridgehead atoms. The van der Waals surface area contributed by atoms with E-state index in [0.29, 0.717) is 5.92 Å². The molecule has 116 valence electrons. The summed E-state index contributed by atoms with van der Waals surface area (Å²) in [6.45, 7) is 6.91. The van der Waals surface area contributed by atoms with Gasteiger partial charge in [-0.05, 0) is 45.4 Å². The van der Waals surface area contributed by atoms with E-state index in [1.165, 1.54) is 0 Å². The number of anilines is 1. The predicted octanol–water partition coefficient (Wildman–Crippen LogP) is -0.00530. The van der Waals surface area contributed by atoms with E-state index in [1.54, 1.807) is 10.7 Å².